The van der Waals surface area contributed by atoms with Crippen LogP contribution in [0, 0.1) is 5.41 Å². The van der Waals surface area contributed by atoms with E-state index in [4.69, 9.17) is 16.6 Å². The molecule has 3 aromatic heterocycles. The van der Waals surface area contributed by atoms with Crippen molar-refractivity contribution in [2.24, 2.45) is 5.41 Å². The third-order valence-electron chi connectivity index (χ3n) is 6.09. The van der Waals surface area contributed by atoms with E-state index in [0.29, 0.717) is 16.2 Å². The molecule has 0 unspecified atom stereocenters. The molecule has 1 N–H and O–H groups in total. The van der Waals surface area contributed by atoms with Gasteiger partial charge in [0.15, 0.2) is 0 Å². The summed E-state index contributed by atoms with van der Waals surface area (Å²) in [6.07, 6.45) is 11.7. The first-order chi connectivity index (χ1) is 12.7. The number of halogens is 1. The fourth-order valence-electron chi connectivity index (χ4n) is 4.53. The van der Waals surface area contributed by atoms with Crippen LogP contribution < -0.4 is 4.90 Å². The van der Waals surface area contributed by atoms with Gasteiger partial charge in [-0.1, -0.05) is 24.4 Å². The van der Waals surface area contributed by atoms with Gasteiger partial charge in [-0.05, 0) is 43.2 Å². The Hall–Kier alpha value is -2.21. The predicted octanol–water partition coefficient (Wildman–Crippen LogP) is 4.23. The van der Waals surface area contributed by atoms with Crippen LogP contribution in [0.3, 0.4) is 0 Å². The maximum atomic E-state index is 6.21. The van der Waals surface area contributed by atoms with Gasteiger partial charge in [-0.15, -0.1) is 0 Å². The number of H-pyrrole nitrogens is 1. The highest BCUT2D eigenvalue weighted by Crippen LogP contribution is 2.46. The number of rotatable bonds is 2. The van der Waals surface area contributed by atoms with Crippen LogP contribution in [0.4, 0.5) is 5.82 Å². The standard InChI is InChI=1S/C19H21ClN6/c20-17-13(4-3-9-21-17)15-16-18(25-24-15)23-14(12-22-16)26-10-7-19(8-11-26)5-1-2-6-19/h3-4,9,12H,1-2,5-8,10-11H2,(H,23,24,25). The third kappa shape index (κ3) is 2.63. The van der Waals surface area contributed by atoms with Gasteiger partial charge in [-0.25, -0.2) is 15.0 Å². The Morgan fingerprint density at radius 3 is 2.65 bits per heavy atom. The number of fused-ring (bicyclic) bond motifs is 1. The first kappa shape index (κ1) is 16.0. The maximum absolute atomic E-state index is 6.21. The van der Waals surface area contributed by atoms with Crippen molar-refractivity contribution < 1.29 is 0 Å². The number of pyridine rings is 1. The van der Waals surface area contributed by atoms with Crippen molar-refractivity contribution in [3.8, 4) is 11.3 Å². The van der Waals surface area contributed by atoms with Crippen LogP contribution in [0.2, 0.25) is 5.15 Å². The summed E-state index contributed by atoms with van der Waals surface area (Å²) < 4.78 is 0. The number of nitrogens with one attached hydrogen (secondary N) is 1. The summed E-state index contributed by atoms with van der Waals surface area (Å²) in [5, 5.41) is 7.81. The fraction of sp³-hybridized carbons (Fsp3) is 0.474. The number of piperidine rings is 1. The molecule has 2 fully saturated rings. The lowest BCUT2D eigenvalue weighted by Crippen LogP contribution is -2.39. The molecule has 7 heteroatoms. The van der Waals surface area contributed by atoms with Crippen LogP contribution in [0.25, 0.3) is 22.4 Å². The number of hydrogen-bond acceptors (Lipinski definition) is 5. The van der Waals surface area contributed by atoms with E-state index < -0.39 is 0 Å². The van der Waals surface area contributed by atoms with E-state index in [2.05, 4.69) is 25.1 Å². The van der Waals surface area contributed by atoms with Gasteiger partial charge in [0.2, 0.25) is 5.65 Å². The Labute approximate surface area is 157 Å². The van der Waals surface area contributed by atoms with Crippen LogP contribution in [-0.4, -0.2) is 38.2 Å². The topological polar surface area (TPSA) is 70.6 Å². The zero-order valence-electron chi connectivity index (χ0n) is 14.6. The molecule has 3 aromatic rings. The Bertz CT molecular complexity index is 936. The lowest BCUT2D eigenvalue weighted by molar-refractivity contribution is 0.226. The molecular formula is C19H21ClN6. The van der Waals surface area contributed by atoms with Crippen molar-refractivity contribution in [3.63, 3.8) is 0 Å². The highest BCUT2D eigenvalue weighted by Gasteiger charge is 2.37. The molecule has 4 heterocycles. The Kier molecular flexibility index (Phi) is 3.81. The number of hydrogen-bond donors (Lipinski definition) is 1. The number of anilines is 1. The second-order valence-corrected chi connectivity index (χ2v) is 7.89. The molecule has 1 aliphatic heterocycles. The minimum Gasteiger partial charge on any atom is -0.355 e. The van der Waals surface area contributed by atoms with E-state index in [0.717, 1.165) is 35.7 Å². The van der Waals surface area contributed by atoms with Crippen molar-refractivity contribution in [2.75, 3.05) is 18.0 Å². The van der Waals surface area contributed by atoms with Crippen molar-refractivity contribution in [1.29, 1.82) is 0 Å². The van der Waals surface area contributed by atoms with Crippen LogP contribution in [0.1, 0.15) is 38.5 Å². The fourth-order valence-corrected chi connectivity index (χ4v) is 4.75. The smallest absolute Gasteiger partial charge is 0.202 e. The highest BCUT2D eigenvalue weighted by atomic mass is 35.5. The van der Waals surface area contributed by atoms with Gasteiger partial charge in [0.25, 0.3) is 0 Å². The van der Waals surface area contributed by atoms with Crippen molar-refractivity contribution >= 4 is 28.6 Å². The monoisotopic (exact) mass is 368 g/mol. The Morgan fingerprint density at radius 1 is 1.08 bits per heavy atom. The van der Waals surface area contributed by atoms with E-state index >= 15 is 0 Å². The minimum absolute atomic E-state index is 0.432. The second-order valence-electron chi connectivity index (χ2n) is 7.53. The molecule has 1 saturated heterocycles. The largest absolute Gasteiger partial charge is 0.355 e. The van der Waals surface area contributed by atoms with Gasteiger partial charge in [-0.3, -0.25) is 5.10 Å². The summed E-state index contributed by atoms with van der Waals surface area (Å²) in [5.41, 5.74) is 3.51. The molecule has 1 aliphatic carbocycles. The van der Waals surface area contributed by atoms with Crippen molar-refractivity contribution in [1.82, 2.24) is 25.1 Å². The van der Waals surface area contributed by atoms with Gasteiger partial charge in [0, 0.05) is 24.8 Å². The van der Waals surface area contributed by atoms with E-state index in [1.807, 2.05) is 18.3 Å². The summed E-state index contributed by atoms with van der Waals surface area (Å²) in [6.45, 7) is 2.12. The normalized spacial score (nSPS) is 19.5. The molecular weight excluding hydrogens is 348 g/mol. The minimum atomic E-state index is 0.432. The van der Waals surface area contributed by atoms with Gasteiger partial charge >= 0.3 is 0 Å². The molecule has 6 nitrogen and oxygen atoms in total. The van der Waals surface area contributed by atoms with Crippen LogP contribution in [0.5, 0.6) is 0 Å². The summed E-state index contributed by atoms with van der Waals surface area (Å²) in [5.74, 6) is 0.917. The molecule has 0 atom stereocenters. The van der Waals surface area contributed by atoms with E-state index in [9.17, 15) is 0 Å². The second kappa shape index (κ2) is 6.20. The van der Waals surface area contributed by atoms with Gasteiger partial charge in [-0.2, -0.15) is 5.10 Å². The lowest BCUT2D eigenvalue weighted by atomic mass is 9.77. The summed E-state index contributed by atoms with van der Waals surface area (Å²) >= 11 is 6.21. The molecule has 0 radical (unpaired) electrons. The first-order valence-corrected chi connectivity index (χ1v) is 9.69. The lowest BCUT2D eigenvalue weighted by Gasteiger charge is -2.39. The van der Waals surface area contributed by atoms with Crippen molar-refractivity contribution in [3.05, 3.63) is 29.7 Å². The van der Waals surface area contributed by atoms with E-state index in [-0.39, 0.29) is 0 Å². The maximum Gasteiger partial charge on any atom is 0.202 e. The summed E-state index contributed by atoms with van der Waals surface area (Å²) in [6, 6.07) is 3.76. The third-order valence-corrected chi connectivity index (χ3v) is 6.39. The van der Waals surface area contributed by atoms with Crippen LogP contribution in [-0.2, 0) is 0 Å². The van der Waals surface area contributed by atoms with Crippen molar-refractivity contribution in [2.45, 2.75) is 38.5 Å². The number of aromatic nitrogens is 5. The predicted molar refractivity (Wildman–Crippen MR) is 102 cm³/mol. The summed E-state index contributed by atoms with van der Waals surface area (Å²) in [4.78, 5) is 15.9. The zero-order valence-corrected chi connectivity index (χ0v) is 15.3. The number of aromatic amines is 1. The Balaban J connectivity index is 1.42. The molecule has 2 aliphatic rings. The van der Waals surface area contributed by atoms with E-state index in [1.54, 1.807) is 6.20 Å². The molecule has 0 amide bonds. The van der Waals surface area contributed by atoms with E-state index in [1.165, 1.54) is 38.5 Å². The van der Waals surface area contributed by atoms with Gasteiger partial charge in [0.05, 0.1) is 11.9 Å². The molecule has 5 rings (SSSR count). The molecule has 1 spiro atoms. The zero-order chi connectivity index (χ0) is 17.6. The highest BCUT2D eigenvalue weighted by molar-refractivity contribution is 6.32. The van der Waals surface area contributed by atoms with Gasteiger partial charge < -0.3 is 4.90 Å². The molecule has 0 bridgehead atoms. The molecule has 0 aromatic carbocycles. The average Bonchev–Trinajstić information content (AvgIpc) is 3.30. The summed E-state index contributed by atoms with van der Waals surface area (Å²) in [7, 11) is 0. The molecule has 26 heavy (non-hydrogen) atoms. The first-order valence-electron chi connectivity index (χ1n) is 9.31. The molecule has 134 valence electrons. The van der Waals surface area contributed by atoms with Gasteiger partial charge in [0.1, 0.15) is 16.5 Å². The number of nitrogens with zero attached hydrogens (tertiary/aromatic N) is 5. The Morgan fingerprint density at radius 2 is 1.88 bits per heavy atom. The quantitative estimate of drug-likeness (QED) is 0.685. The SMILES string of the molecule is Clc1ncccc1-c1[nH]nc2nc(N3CCC4(CCCC4)CC3)cnc12. The molecule has 1 saturated carbocycles. The average molecular weight is 369 g/mol. The van der Waals surface area contributed by atoms with Crippen LogP contribution >= 0.6 is 11.6 Å². The van der Waals surface area contributed by atoms with Crippen LogP contribution in [0.15, 0.2) is 24.5 Å².